The lowest BCUT2D eigenvalue weighted by Gasteiger charge is -2.38. The van der Waals surface area contributed by atoms with E-state index in [-0.39, 0.29) is 29.7 Å². The molecular weight excluding hydrogens is 491 g/mol. The van der Waals surface area contributed by atoms with E-state index in [9.17, 15) is 8.42 Å². The number of piperazine rings is 1. The smallest absolute Gasteiger partial charge is 0.193 e. The first-order valence-electron chi connectivity index (χ1n) is 9.25. The molecule has 0 saturated carbocycles. The predicted octanol–water partition coefficient (Wildman–Crippen LogP) is 2.22. The number of rotatable bonds is 5. The highest BCUT2D eigenvalue weighted by atomic mass is 127. The fourth-order valence-electron chi connectivity index (χ4n) is 2.99. The van der Waals surface area contributed by atoms with E-state index in [4.69, 9.17) is 4.74 Å². The van der Waals surface area contributed by atoms with Crippen molar-refractivity contribution >= 4 is 45.5 Å². The molecule has 9 heteroatoms. The van der Waals surface area contributed by atoms with Gasteiger partial charge in [-0.25, -0.2) is 8.42 Å². The summed E-state index contributed by atoms with van der Waals surface area (Å²) in [7, 11) is 0.273. The molecule has 1 aliphatic rings. The first-order chi connectivity index (χ1) is 12.7. The number of methoxy groups -OCH3 is 1. The Hall–Kier alpha value is -1.23. The Morgan fingerprint density at radius 3 is 2.32 bits per heavy atom. The van der Waals surface area contributed by atoms with Crippen LogP contribution in [-0.4, -0.2) is 76.7 Å². The Labute approximate surface area is 186 Å². The molecule has 0 bridgehead atoms. The van der Waals surface area contributed by atoms with Crippen LogP contribution in [0.5, 0.6) is 5.75 Å². The second-order valence-electron chi connectivity index (χ2n) is 7.55. The summed E-state index contributed by atoms with van der Waals surface area (Å²) in [5.74, 6) is 1.72. The van der Waals surface area contributed by atoms with Crippen LogP contribution < -0.4 is 15.0 Å². The van der Waals surface area contributed by atoms with Gasteiger partial charge < -0.3 is 19.9 Å². The van der Waals surface area contributed by atoms with Gasteiger partial charge in [-0.1, -0.05) is 12.1 Å². The Morgan fingerprint density at radius 1 is 1.18 bits per heavy atom. The van der Waals surface area contributed by atoms with Crippen LogP contribution in [0.25, 0.3) is 0 Å². The van der Waals surface area contributed by atoms with Crippen molar-refractivity contribution in [1.82, 2.24) is 10.2 Å². The first-order valence-corrected chi connectivity index (χ1v) is 10.9. The van der Waals surface area contributed by atoms with Crippen molar-refractivity contribution in [1.29, 1.82) is 0 Å². The SMILES string of the molecule is CN=C(NCCS(=O)(=O)C(C)(C)C)N1CCN(c2ccccc2OC)CC1.I. The summed E-state index contributed by atoms with van der Waals surface area (Å²) in [5, 5.41) is 3.20. The van der Waals surface area contributed by atoms with Gasteiger partial charge >= 0.3 is 0 Å². The Balaban J connectivity index is 0.00000392. The molecule has 0 unspecified atom stereocenters. The Morgan fingerprint density at radius 2 is 1.79 bits per heavy atom. The van der Waals surface area contributed by atoms with Gasteiger partial charge in [-0.2, -0.15) is 0 Å². The lowest BCUT2D eigenvalue weighted by molar-refractivity contribution is 0.368. The summed E-state index contributed by atoms with van der Waals surface area (Å²) in [4.78, 5) is 8.78. The summed E-state index contributed by atoms with van der Waals surface area (Å²) in [6.07, 6.45) is 0. The molecule has 0 aromatic heterocycles. The van der Waals surface area contributed by atoms with E-state index in [1.807, 2.05) is 18.2 Å². The van der Waals surface area contributed by atoms with Gasteiger partial charge in [-0.05, 0) is 32.9 Å². The molecule has 1 aliphatic heterocycles. The fourth-order valence-corrected chi connectivity index (χ4v) is 3.97. The minimum atomic E-state index is -3.14. The van der Waals surface area contributed by atoms with Gasteiger partial charge in [0.25, 0.3) is 0 Å². The Bertz CT molecular complexity index is 755. The molecule has 1 saturated heterocycles. The fraction of sp³-hybridized carbons (Fsp3) is 0.632. The summed E-state index contributed by atoms with van der Waals surface area (Å²) in [5.41, 5.74) is 1.10. The van der Waals surface area contributed by atoms with Gasteiger partial charge in [-0.15, -0.1) is 24.0 Å². The molecule has 160 valence electrons. The van der Waals surface area contributed by atoms with Crippen molar-refractivity contribution in [2.45, 2.75) is 25.5 Å². The second kappa shape index (κ2) is 10.5. The number of guanidine groups is 1. The minimum Gasteiger partial charge on any atom is -0.495 e. The number of anilines is 1. The minimum absolute atomic E-state index is 0. The number of hydrogen-bond donors (Lipinski definition) is 1. The Kier molecular flexibility index (Phi) is 9.32. The van der Waals surface area contributed by atoms with E-state index in [1.165, 1.54) is 0 Å². The molecule has 1 N–H and O–H groups in total. The zero-order valence-electron chi connectivity index (χ0n) is 17.4. The highest BCUT2D eigenvalue weighted by Crippen LogP contribution is 2.28. The van der Waals surface area contributed by atoms with Crippen molar-refractivity contribution in [3.8, 4) is 5.75 Å². The van der Waals surface area contributed by atoms with Gasteiger partial charge in [0.2, 0.25) is 0 Å². The summed E-state index contributed by atoms with van der Waals surface area (Å²) < 4.78 is 29.2. The zero-order valence-corrected chi connectivity index (χ0v) is 20.6. The molecule has 1 aromatic rings. The normalized spacial score (nSPS) is 15.8. The molecule has 0 amide bonds. The van der Waals surface area contributed by atoms with Crippen molar-refractivity contribution in [2.75, 3.05) is 57.5 Å². The summed E-state index contributed by atoms with van der Waals surface area (Å²) >= 11 is 0. The van der Waals surface area contributed by atoms with E-state index >= 15 is 0 Å². The number of nitrogens with one attached hydrogen (secondary N) is 1. The maximum Gasteiger partial charge on any atom is 0.193 e. The number of sulfone groups is 1. The van der Waals surface area contributed by atoms with Crippen molar-refractivity contribution in [2.24, 2.45) is 4.99 Å². The quantitative estimate of drug-likeness (QED) is 0.362. The van der Waals surface area contributed by atoms with Gasteiger partial charge in [-0.3, -0.25) is 4.99 Å². The van der Waals surface area contributed by atoms with Gasteiger partial charge in [0.1, 0.15) is 5.75 Å². The van der Waals surface area contributed by atoms with Gasteiger partial charge in [0, 0.05) is 39.8 Å². The number of ether oxygens (including phenoxy) is 1. The first kappa shape index (κ1) is 24.8. The van der Waals surface area contributed by atoms with Crippen molar-refractivity contribution in [3.05, 3.63) is 24.3 Å². The van der Waals surface area contributed by atoms with Crippen LogP contribution >= 0.6 is 24.0 Å². The third kappa shape index (κ3) is 6.13. The molecule has 1 aromatic carbocycles. The van der Waals surface area contributed by atoms with E-state index in [1.54, 1.807) is 34.9 Å². The lowest BCUT2D eigenvalue weighted by atomic mass is 10.2. The maximum atomic E-state index is 12.2. The standard InChI is InChI=1S/C19H32N4O3S.HI/c1-19(2,3)27(24,25)15-10-21-18(20-4)23-13-11-22(12-14-23)16-8-6-7-9-17(16)26-5;/h6-9H,10-15H2,1-5H3,(H,20,21);1H. The third-order valence-electron chi connectivity index (χ3n) is 4.80. The van der Waals surface area contributed by atoms with Crippen molar-refractivity contribution < 1.29 is 13.2 Å². The molecular formula is C19H33IN4O3S. The van der Waals surface area contributed by atoms with Crippen LogP contribution in [0.2, 0.25) is 0 Å². The molecule has 1 heterocycles. The summed E-state index contributed by atoms with van der Waals surface area (Å²) in [6.45, 7) is 8.87. The second-order valence-corrected chi connectivity index (χ2v) is 10.4. The van der Waals surface area contributed by atoms with Crippen LogP contribution in [-0.2, 0) is 9.84 Å². The van der Waals surface area contributed by atoms with Gasteiger partial charge in [0.05, 0.1) is 23.3 Å². The zero-order chi connectivity index (χ0) is 20.1. The highest BCUT2D eigenvalue weighted by Gasteiger charge is 2.28. The third-order valence-corrected chi connectivity index (χ3v) is 7.41. The molecule has 0 spiro atoms. The average Bonchev–Trinajstić information content (AvgIpc) is 2.64. The molecule has 0 radical (unpaired) electrons. The van der Waals surface area contributed by atoms with Crippen LogP contribution in [0.4, 0.5) is 5.69 Å². The highest BCUT2D eigenvalue weighted by molar-refractivity contribution is 14.0. The molecule has 1 fully saturated rings. The topological polar surface area (TPSA) is 74.2 Å². The number of hydrogen-bond acceptors (Lipinski definition) is 5. The molecule has 0 atom stereocenters. The monoisotopic (exact) mass is 524 g/mol. The van der Waals surface area contributed by atoms with E-state index in [0.29, 0.717) is 6.54 Å². The number of halogens is 1. The lowest BCUT2D eigenvalue weighted by Crippen LogP contribution is -2.53. The van der Waals surface area contributed by atoms with E-state index in [2.05, 4.69) is 26.2 Å². The van der Waals surface area contributed by atoms with Gasteiger partial charge in [0.15, 0.2) is 15.8 Å². The molecule has 28 heavy (non-hydrogen) atoms. The van der Waals surface area contributed by atoms with Crippen LogP contribution in [0, 0.1) is 0 Å². The van der Waals surface area contributed by atoms with Crippen molar-refractivity contribution in [3.63, 3.8) is 0 Å². The van der Waals surface area contributed by atoms with E-state index < -0.39 is 14.6 Å². The van der Waals surface area contributed by atoms with E-state index in [0.717, 1.165) is 43.6 Å². The summed E-state index contributed by atoms with van der Waals surface area (Å²) in [6, 6.07) is 8.02. The average molecular weight is 524 g/mol. The largest absolute Gasteiger partial charge is 0.495 e. The number of nitrogens with zero attached hydrogens (tertiary/aromatic N) is 3. The molecule has 0 aliphatic carbocycles. The van der Waals surface area contributed by atoms with Crippen LogP contribution in [0.3, 0.4) is 0 Å². The molecule has 2 rings (SSSR count). The number of benzene rings is 1. The number of aliphatic imine (C=N–C) groups is 1. The van der Waals surface area contributed by atoms with Crippen LogP contribution in [0.15, 0.2) is 29.3 Å². The van der Waals surface area contributed by atoms with Crippen LogP contribution in [0.1, 0.15) is 20.8 Å². The number of para-hydroxylation sites is 2. The molecule has 7 nitrogen and oxygen atoms in total. The predicted molar refractivity (Wildman–Crippen MR) is 127 cm³/mol. The maximum absolute atomic E-state index is 12.2.